The third-order valence-corrected chi connectivity index (χ3v) is 5.02. The van der Waals surface area contributed by atoms with Crippen molar-refractivity contribution < 1.29 is 4.79 Å². The first kappa shape index (κ1) is 16.6. The standard InChI is InChI=1S/C17H18N4OS2/c1-10-6-7-11(2)13(9-10)18-16(22)12(3)21-15(19-20-17(21)23)14-5-4-8-24-14/h4-9,12H,1-3H3,(H,18,22)(H,20,23). The minimum absolute atomic E-state index is 0.126. The first-order valence-electron chi connectivity index (χ1n) is 7.56. The number of benzene rings is 1. The van der Waals surface area contributed by atoms with Crippen LogP contribution in [-0.2, 0) is 4.79 Å². The highest BCUT2D eigenvalue weighted by Crippen LogP contribution is 2.26. The minimum Gasteiger partial charge on any atom is -0.324 e. The summed E-state index contributed by atoms with van der Waals surface area (Å²) in [7, 11) is 0. The van der Waals surface area contributed by atoms with Crippen LogP contribution in [0.15, 0.2) is 35.7 Å². The molecule has 5 nitrogen and oxygen atoms in total. The fourth-order valence-corrected chi connectivity index (χ4v) is 3.47. The van der Waals surface area contributed by atoms with E-state index in [0.717, 1.165) is 21.7 Å². The second kappa shape index (κ2) is 6.70. The van der Waals surface area contributed by atoms with E-state index >= 15 is 0 Å². The summed E-state index contributed by atoms with van der Waals surface area (Å²) in [5.74, 6) is 0.553. The number of aromatic amines is 1. The highest BCUT2D eigenvalue weighted by molar-refractivity contribution is 7.71. The van der Waals surface area contributed by atoms with Crippen LogP contribution in [0, 0.1) is 18.6 Å². The molecule has 3 aromatic rings. The zero-order valence-electron chi connectivity index (χ0n) is 13.7. The van der Waals surface area contributed by atoms with Crippen molar-refractivity contribution in [2.75, 3.05) is 5.32 Å². The van der Waals surface area contributed by atoms with Gasteiger partial charge in [-0.15, -0.1) is 11.3 Å². The van der Waals surface area contributed by atoms with Crippen molar-refractivity contribution in [3.63, 3.8) is 0 Å². The van der Waals surface area contributed by atoms with Crippen LogP contribution in [0.25, 0.3) is 10.7 Å². The number of thiophene rings is 1. The summed E-state index contributed by atoms with van der Waals surface area (Å²) in [6, 6.07) is 9.42. The smallest absolute Gasteiger partial charge is 0.247 e. The van der Waals surface area contributed by atoms with Gasteiger partial charge in [0.05, 0.1) is 4.88 Å². The molecular formula is C17H18N4OS2. The van der Waals surface area contributed by atoms with Gasteiger partial charge in [0.25, 0.3) is 0 Å². The lowest BCUT2D eigenvalue weighted by molar-refractivity contribution is -0.118. The van der Waals surface area contributed by atoms with Gasteiger partial charge in [0.15, 0.2) is 10.6 Å². The quantitative estimate of drug-likeness (QED) is 0.676. The van der Waals surface area contributed by atoms with Gasteiger partial charge in [-0.2, -0.15) is 5.10 Å². The van der Waals surface area contributed by atoms with Gasteiger partial charge in [-0.3, -0.25) is 14.5 Å². The molecule has 3 rings (SSSR count). The van der Waals surface area contributed by atoms with Crippen molar-refractivity contribution in [3.8, 4) is 10.7 Å². The lowest BCUT2D eigenvalue weighted by atomic mass is 10.1. The van der Waals surface area contributed by atoms with E-state index in [9.17, 15) is 4.79 Å². The van der Waals surface area contributed by atoms with E-state index in [4.69, 9.17) is 12.2 Å². The molecule has 1 unspecified atom stereocenters. The van der Waals surface area contributed by atoms with Gasteiger partial charge in [0, 0.05) is 5.69 Å². The summed E-state index contributed by atoms with van der Waals surface area (Å²) in [6.45, 7) is 5.79. The number of nitrogens with one attached hydrogen (secondary N) is 2. The maximum atomic E-state index is 12.7. The second-order valence-electron chi connectivity index (χ2n) is 5.68. The van der Waals surface area contributed by atoms with Crippen LogP contribution in [0.4, 0.5) is 5.69 Å². The Balaban J connectivity index is 1.91. The zero-order valence-corrected chi connectivity index (χ0v) is 15.3. The number of aromatic nitrogens is 3. The number of nitrogens with zero attached hydrogens (tertiary/aromatic N) is 2. The Bertz CT molecular complexity index is 924. The molecule has 7 heteroatoms. The largest absolute Gasteiger partial charge is 0.324 e. The van der Waals surface area contributed by atoms with Crippen LogP contribution in [0.2, 0.25) is 0 Å². The molecule has 0 aliphatic rings. The van der Waals surface area contributed by atoms with Crippen molar-refractivity contribution in [2.45, 2.75) is 26.8 Å². The predicted octanol–water partition coefficient (Wildman–Crippen LogP) is 4.49. The number of hydrogen-bond acceptors (Lipinski definition) is 4. The maximum absolute atomic E-state index is 12.7. The van der Waals surface area contributed by atoms with E-state index in [2.05, 4.69) is 15.5 Å². The molecule has 0 radical (unpaired) electrons. The maximum Gasteiger partial charge on any atom is 0.247 e. The predicted molar refractivity (Wildman–Crippen MR) is 100.0 cm³/mol. The monoisotopic (exact) mass is 358 g/mol. The molecule has 2 N–H and O–H groups in total. The van der Waals surface area contributed by atoms with E-state index in [1.807, 2.05) is 56.5 Å². The number of amides is 1. The van der Waals surface area contributed by atoms with Crippen LogP contribution in [0.5, 0.6) is 0 Å². The van der Waals surface area contributed by atoms with Crippen LogP contribution in [-0.4, -0.2) is 20.7 Å². The molecular weight excluding hydrogens is 340 g/mol. The summed E-state index contributed by atoms with van der Waals surface area (Å²) in [5, 5.41) is 12.0. The van der Waals surface area contributed by atoms with Gasteiger partial charge in [-0.1, -0.05) is 18.2 Å². The third kappa shape index (κ3) is 3.18. The van der Waals surface area contributed by atoms with Crippen molar-refractivity contribution in [2.24, 2.45) is 0 Å². The molecule has 0 spiro atoms. The Morgan fingerprint density at radius 1 is 1.38 bits per heavy atom. The second-order valence-corrected chi connectivity index (χ2v) is 7.02. The van der Waals surface area contributed by atoms with E-state index in [-0.39, 0.29) is 5.91 Å². The van der Waals surface area contributed by atoms with Crippen molar-refractivity contribution in [1.82, 2.24) is 14.8 Å². The molecule has 0 fully saturated rings. The Morgan fingerprint density at radius 2 is 2.17 bits per heavy atom. The van der Waals surface area contributed by atoms with Crippen LogP contribution in [0.1, 0.15) is 24.1 Å². The minimum atomic E-state index is -0.478. The number of carbonyl (C=O) groups is 1. The molecule has 24 heavy (non-hydrogen) atoms. The summed E-state index contributed by atoms with van der Waals surface area (Å²) in [4.78, 5) is 13.7. The number of carbonyl (C=O) groups excluding carboxylic acids is 1. The molecule has 1 amide bonds. The van der Waals surface area contributed by atoms with E-state index in [1.54, 1.807) is 15.9 Å². The molecule has 0 saturated carbocycles. The van der Waals surface area contributed by atoms with E-state index in [0.29, 0.717) is 10.6 Å². The van der Waals surface area contributed by atoms with Crippen LogP contribution in [0.3, 0.4) is 0 Å². The van der Waals surface area contributed by atoms with E-state index in [1.165, 1.54) is 0 Å². The van der Waals surface area contributed by atoms with Crippen LogP contribution < -0.4 is 5.32 Å². The molecule has 1 atom stereocenters. The number of rotatable bonds is 4. The summed E-state index contributed by atoms with van der Waals surface area (Å²) < 4.78 is 2.18. The van der Waals surface area contributed by atoms with Crippen molar-refractivity contribution in [3.05, 3.63) is 51.6 Å². The molecule has 124 valence electrons. The number of aryl methyl sites for hydroxylation is 2. The molecule has 0 aliphatic carbocycles. The Morgan fingerprint density at radius 3 is 2.88 bits per heavy atom. The Kier molecular flexibility index (Phi) is 4.64. The average molecular weight is 358 g/mol. The molecule has 1 aromatic carbocycles. The van der Waals surface area contributed by atoms with Gasteiger partial charge in [-0.25, -0.2) is 0 Å². The molecule has 2 heterocycles. The fraction of sp³-hybridized carbons (Fsp3) is 0.235. The first-order chi connectivity index (χ1) is 11.5. The van der Waals surface area contributed by atoms with E-state index < -0.39 is 6.04 Å². The average Bonchev–Trinajstić information content (AvgIpc) is 3.19. The number of H-pyrrole nitrogens is 1. The zero-order chi connectivity index (χ0) is 17.3. The first-order valence-corrected chi connectivity index (χ1v) is 8.85. The van der Waals surface area contributed by atoms with Gasteiger partial charge in [-0.05, 0) is 61.6 Å². The van der Waals surface area contributed by atoms with Gasteiger partial charge >= 0.3 is 0 Å². The molecule has 2 aromatic heterocycles. The highest BCUT2D eigenvalue weighted by Gasteiger charge is 2.21. The molecule has 0 saturated heterocycles. The van der Waals surface area contributed by atoms with Gasteiger partial charge in [0.2, 0.25) is 5.91 Å². The lowest BCUT2D eigenvalue weighted by Crippen LogP contribution is -2.24. The third-order valence-electron chi connectivity index (χ3n) is 3.86. The summed E-state index contributed by atoms with van der Waals surface area (Å²) in [6.07, 6.45) is 0. The molecule has 0 aliphatic heterocycles. The summed E-state index contributed by atoms with van der Waals surface area (Å²) >= 11 is 6.88. The Hall–Kier alpha value is -2.25. The van der Waals surface area contributed by atoms with Crippen LogP contribution >= 0.6 is 23.6 Å². The lowest BCUT2D eigenvalue weighted by Gasteiger charge is -2.16. The highest BCUT2D eigenvalue weighted by atomic mass is 32.1. The SMILES string of the molecule is Cc1ccc(C)c(NC(=O)C(C)n2c(-c3cccs3)n[nH]c2=S)c1. The summed E-state index contributed by atoms with van der Waals surface area (Å²) in [5.41, 5.74) is 2.94. The normalized spacial score (nSPS) is 12.1. The van der Waals surface area contributed by atoms with Crippen molar-refractivity contribution >= 4 is 35.1 Å². The number of anilines is 1. The molecule has 0 bridgehead atoms. The topological polar surface area (TPSA) is 62.7 Å². The Labute approximate surface area is 149 Å². The van der Waals surface area contributed by atoms with Gasteiger partial charge in [0.1, 0.15) is 6.04 Å². The van der Waals surface area contributed by atoms with Crippen molar-refractivity contribution in [1.29, 1.82) is 0 Å². The number of hydrogen-bond donors (Lipinski definition) is 2. The fourth-order valence-electron chi connectivity index (χ4n) is 2.47. The van der Waals surface area contributed by atoms with Gasteiger partial charge < -0.3 is 5.32 Å².